The van der Waals surface area contributed by atoms with Crippen LogP contribution in [0.1, 0.15) is 41.2 Å². The third-order valence-electron chi connectivity index (χ3n) is 3.71. The van der Waals surface area contributed by atoms with Crippen LogP contribution in [0.5, 0.6) is 11.8 Å². The topological polar surface area (TPSA) is 86.2 Å². The summed E-state index contributed by atoms with van der Waals surface area (Å²) in [5, 5.41) is 2.40. The van der Waals surface area contributed by atoms with Crippen LogP contribution in [-0.2, 0) is 0 Å². The molecule has 0 saturated heterocycles. The molecule has 0 unspecified atom stereocenters. The number of methoxy groups -OCH3 is 2. The Bertz CT molecular complexity index is 711. The number of thiazole rings is 1. The van der Waals surface area contributed by atoms with Crippen LogP contribution >= 0.6 is 11.3 Å². The number of nitrogens with one attached hydrogen (secondary N) is 1. The molecule has 1 aliphatic carbocycles. The summed E-state index contributed by atoms with van der Waals surface area (Å²) in [6.07, 6.45) is 4.18. The molecule has 1 amide bonds. The second kappa shape index (κ2) is 6.45. The van der Waals surface area contributed by atoms with E-state index in [4.69, 9.17) is 9.47 Å². The molecule has 0 atom stereocenters. The fourth-order valence-corrected chi connectivity index (χ4v) is 3.09. The first-order valence-corrected chi connectivity index (χ1v) is 7.86. The van der Waals surface area contributed by atoms with E-state index in [9.17, 15) is 9.18 Å². The summed E-state index contributed by atoms with van der Waals surface area (Å²) in [7, 11) is 2.77. The molecule has 1 saturated carbocycles. The van der Waals surface area contributed by atoms with Crippen LogP contribution in [0.2, 0.25) is 0 Å². The highest BCUT2D eigenvalue weighted by Gasteiger charge is 2.28. The predicted molar refractivity (Wildman–Crippen MR) is 81.8 cm³/mol. The zero-order valence-corrected chi connectivity index (χ0v) is 13.4. The van der Waals surface area contributed by atoms with Gasteiger partial charge in [0, 0.05) is 5.92 Å². The summed E-state index contributed by atoms with van der Waals surface area (Å²) in [6.45, 7) is 0. The number of hydrogen-bond acceptors (Lipinski definition) is 7. The second-order valence-corrected chi connectivity index (χ2v) is 5.98. The number of ether oxygens (including phenoxy) is 2. The van der Waals surface area contributed by atoms with Gasteiger partial charge in [0.15, 0.2) is 10.7 Å². The number of carbonyl (C=O) groups excluding carboxylic acids is 1. The quantitative estimate of drug-likeness (QED) is 0.902. The molecule has 1 aliphatic rings. The zero-order valence-electron chi connectivity index (χ0n) is 12.6. The minimum absolute atomic E-state index is 0.0401. The summed E-state index contributed by atoms with van der Waals surface area (Å²) >= 11 is 0.810. The van der Waals surface area contributed by atoms with E-state index >= 15 is 0 Å². The van der Waals surface area contributed by atoms with Crippen molar-refractivity contribution in [1.29, 1.82) is 0 Å². The van der Waals surface area contributed by atoms with E-state index in [0.29, 0.717) is 5.69 Å². The Morgan fingerprint density at radius 1 is 1.30 bits per heavy atom. The Balaban J connectivity index is 1.85. The molecule has 0 bridgehead atoms. The minimum Gasteiger partial charge on any atom is -0.480 e. The van der Waals surface area contributed by atoms with Gasteiger partial charge < -0.3 is 9.47 Å². The van der Waals surface area contributed by atoms with Gasteiger partial charge in [-0.2, -0.15) is 4.39 Å². The van der Waals surface area contributed by atoms with Crippen LogP contribution in [0, 0.1) is 5.13 Å². The van der Waals surface area contributed by atoms with E-state index in [-0.39, 0.29) is 33.5 Å². The van der Waals surface area contributed by atoms with Gasteiger partial charge in [0.1, 0.15) is 6.33 Å². The van der Waals surface area contributed by atoms with Crippen molar-refractivity contribution in [3.63, 3.8) is 0 Å². The van der Waals surface area contributed by atoms with Gasteiger partial charge in [-0.3, -0.25) is 10.1 Å². The number of aromatic nitrogens is 3. The molecule has 23 heavy (non-hydrogen) atoms. The number of nitrogens with zero attached hydrogens (tertiary/aromatic N) is 3. The first-order valence-electron chi connectivity index (χ1n) is 7.04. The van der Waals surface area contributed by atoms with E-state index in [1.807, 2.05) is 0 Å². The van der Waals surface area contributed by atoms with E-state index in [1.165, 1.54) is 20.5 Å². The van der Waals surface area contributed by atoms with Crippen molar-refractivity contribution in [3.05, 3.63) is 22.7 Å². The monoisotopic (exact) mass is 338 g/mol. The highest BCUT2D eigenvalue weighted by atomic mass is 32.1. The van der Waals surface area contributed by atoms with Crippen molar-refractivity contribution < 1.29 is 18.7 Å². The molecule has 0 spiro atoms. The van der Waals surface area contributed by atoms with Gasteiger partial charge in [-0.1, -0.05) is 17.8 Å². The Hall–Kier alpha value is -2.29. The zero-order chi connectivity index (χ0) is 16.4. The van der Waals surface area contributed by atoms with Crippen LogP contribution in [0.15, 0.2) is 6.33 Å². The molecular weight excluding hydrogens is 323 g/mol. The largest absolute Gasteiger partial charge is 0.480 e. The number of hydrogen-bond donors (Lipinski definition) is 1. The van der Waals surface area contributed by atoms with E-state index < -0.39 is 5.91 Å². The maximum Gasteiger partial charge on any atom is 0.268 e. The normalized spacial score (nSPS) is 14.2. The number of rotatable bonds is 5. The summed E-state index contributed by atoms with van der Waals surface area (Å²) in [4.78, 5) is 24.4. The summed E-state index contributed by atoms with van der Waals surface area (Å²) in [5.41, 5.74) is 0.470. The number of halogens is 1. The smallest absolute Gasteiger partial charge is 0.268 e. The molecule has 2 aromatic rings. The molecule has 7 nitrogen and oxygen atoms in total. The third kappa shape index (κ3) is 2.96. The lowest BCUT2D eigenvalue weighted by Gasteiger charge is -2.23. The molecule has 0 aromatic carbocycles. The van der Waals surface area contributed by atoms with E-state index in [2.05, 4.69) is 20.3 Å². The Morgan fingerprint density at radius 3 is 2.48 bits per heavy atom. The number of anilines is 1. The summed E-state index contributed by atoms with van der Waals surface area (Å²) in [6, 6.07) is 0. The van der Waals surface area contributed by atoms with Crippen LogP contribution in [0.3, 0.4) is 0 Å². The van der Waals surface area contributed by atoms with Crippen molar-refractivity contribution in [3.8, 4) is 11.8 Å². The van der Waals surface area contributed by atoms with Crippen molar-refractivity contribution in [2.45, 2.75) is 25.2 Å². The lowest BCUT2D eigenvalue weighted by Crippen LogP contribution is -2.16. The average molecular weight is 338 g/mol. The molecule has 2 aromatic heterocycles. The molecule has 9 heteroatoms. The standard InChI is InChI=1S/C14H15FN4O3S/c1-21-12-8(13(22-2)17-6-16-12)11(20)19-14-18-9(10(15)23-14)7-4-3-5-7/h6-7H,3-5H2,1-2H3,(H,18,19,20). The highest BCUT2D eigenvalue weighted by molar-refractivity contribution is 7.14. The van der Waals surface area contributed by atoms with Gasteiger partial charge in [-0.05, 0) is 12.8 Å². The van der Waals surface area contributed by atoms with Crippen LogP contribution in [0.4, 0.5) is 9.52 Å². The number of carbonyl (C=O) groups is 1. The first kappa shape index (κ1) is 15.6. The van der Waals surface area contributed by atoms with Crippen molar-refractivity contribution in [2.24, 2.45) is 0 Å². The average Bonchev–Trinajstić information content (AvgIpc) is 2.84. The lowest BCUT2D eigenvalue weighted by molar-refractivity contribution is 0.101. The molecule has 1 fully saturated rings. The van der Waals surface area contributed by atoms with Crippen LogP contribution in [-0.4, -0.2) is 35.1 Å². The fraction of sp³-hybridized carbons (Fsp3) is 0.429. The predicted octanol–water partition coefficient (Wildman–Crippen LogP) is 2.61. The molecule has 0 radical (unpaired) electrons. The Labute approximate surface area is 135 Å². The molecular formula is C14H15FN4O3S. The molecule has 2 heterocycles. The van der Waals surface area contributed by atoms with Crippen molar-refractivity contribution in [1.82, 2.24) is 15.0 Å². The van der Waals surface area contributed by atoms with E-state index in [0.717, 1.165) is 30.6 Å². The SMILES string of the molecule is COc1ncnc(OC)c1C(=O)Nc1nc(C2CCC2)c(F)s1. The summed E-state index contributed by atoms with van der Waals surface area (Å²) < 4.78 is 24.1. The Kier molecular flexibility index (Phi) is 4.37. The fourth-order valence-electron chi connectivity index (χ4n) is 2.32. The minimum atomic E-state index is -0.562. The van der Waals surface area contributed by atoms with Gasteiger partial charge in [0.2, 0.25) is 16.9 Å². The summed E-state index contributed by atoms with van der Waals surface area (Å²) in [5.74, 6) is -0.259. The van der Waals surface area contributed by atoms with Crippen LogP contribution in [0.25, 0.3) is 0 Å². The molecule has 1 N–H and O–H groups in total. The second-order valence-electron chi connectivity index (χ2n) is 5.03. The van der Waals surface area contributed by atoms with Crippen molar-refractivity contribution >= 4 is 22.4 Å². The maximum atomic E-state index is 14.0. The number of amides is 1. The molecule has 3 rings (SSSR count). The van der Waals surface area contributed by atoms with Crippen molar-refractivity contribution in [2.75, 3.05) is 19.5 Å². The van der Waals surface area contributed by atoms with Gasteiger partial charge in [-0.15, -0.1) is 0 Å². The molecule has 122 valence electrons. The van der Waals surface area contributed by atoms with Gasteiger partial charge in [0.05, 0.1) is 19.9 Å². The Morgan fingerprint density at radius 2 is 1.96 bits per heavy atom. The van der Waals surface area contributed by atoms with Gasteiger partial charge in [-0.25, -0.2) is 15.0 Å². The first-order chi connectivity index (χ1) is 11.1. The highest BCUT2D eigenvalue weighted by Crippen LogP contribution is 2.39. The molecule has 0 aliphatic heterocycles. The third-order valence-corrected chi connectivity index (χ3v) is 4.49. The van der Waals surface area contributed by atoms with Gasteiger partial charge in [0.25, 0.3) is 5.91 Å². The maximum absolute atomic E-state index is 14.0. The van der Waals surface area contributed by atoms with Crippen LogP contribution < -0.4 is 14.8 Å². The lowest BCUT2D eigenvalue weighted by atomic mass is 9.83. The van der Waals surface area contributed by atoms with E-state index in [1.54, 1.807) is 0 Å². The van der Waals surface area contributed by atoms with Gasteiger partial charge >= 0.3 is 0 Å².